The van der Waals surface area contributed by atoms with Crippen molar-refractivity contribution in [2.45, 2.75) is 18.9 Å². The summed E-state index contributed by atoms with van der Waals surface area (Å²) in [6.07, 6.45) is 3.89. The predicted molar refractivity (Wildman–Crippen MR) is 90.3 cm³/mol. The fourth-order valence-corrected chi connectivity index (χ4v) is 3.39. The van der Waals surface area contributed by atoms with E-state index in [0.29, 0.717) is 12.0 Å². The third-order valence-electron chi connectivity index (χ3n) is 4.44. The molecule has 2 atom stereocenters. The summed E-state index contributed by atoms with van der Waals surface area (Å²) in [5.74, 6) is 1.57. The van der Waals surface area contributed by atoms with Crippen LogP contribution < -0.4 is 5.32 Å². The van der Waals surface area contributed by atoms with Crippen molar-refractivity contribution in [3.05, 3.63) is 53.1 Å². The van der Waals surface area contributed by atoms with E-state index in [2.05, 4.69) is 45.9 Å². The van der Waals surface area contributed by atoms with Gasteiger partial charge in [-0.15, -0.1) is 0 Å². The van der Waals surface area contributed by atoms with Crippen molar-refractivity contribution in [2.24, 2.45) is 7.05 Å². The van der Waals surface area contributed by atoms with Crippen molar-refractivity contribution in [2.75, 3.05) is 26.2 Å². The van der Waals surface area contributed by atoms with Crippen molar-refractivity contribution in [1.82, 2.24) is 19.8 Å². The number of nitrogens with zero attached hydrogens (tertiary/aromatic N) is 3. The van der Waals surface area contributed by atoms with E-state index >= 15 is 0 Å². The zero-order valence-electron chi connectivity index (χ0n) is 13.2. The predicted octanol–water partition coefficient (Wildman–Crippen LogP) is 2.82. The van der Waals surface area contributed by atoms with Crippen LogP contribution in [0.2, 0.25) is 5.02 Å². The molecular formula is C17H23ClN4. The van der Waals surface area contributed by atoms with Crippen molar-refractivity contribution < 1.29 is 0 Å². The summed E-state index contributed by atoms with van der Waals surface area (Å²) in [6, 6.07) is 8.52. The van der Waals surface area contributed by atoms with Gasteiger partial charge in [0.1, 0.15) is 5.82 Å². The molecule has 0 saturated carbocycles. The van der Waals surface area contributed by atoms with E-state index in [1.807, 2.05) is 24.5 Å². The van der Waals surface area contributed by atoms with Crippen LogP contribution in [0, 0.1) is 0 Å². The molecule has 3 rings (SSSR count). The van der Waals surface area contributed by atoms with Crippen molar-refractivity contribution >= 4 is 11.6 Å². The van der Waals surface area contributed by atoms with Crippen LogP contribution in [0.15, 0.2) is 36.7 Å². The standard InChI is InChI=1S/C17H23ClN4/c1-13(14-4-3-5-15(18)10-14)12-22-9-6-19-11-16(22)17-20-7-8-21(17)2/h3-5,7-8,10,13,16,19H,6,9,11-12H2,1-2H3. The number of piperazine rings is 1. The Balaban J connectivity index is 1.75. The van der Waals surface area contributed by atoms with Crippen molar-refractivity contribution in [1.29, 1.82) is 0 Å². The Morgan fingerprint density at radius 3 is 3.05 bits per heavy atom. The highest BCUT2D eigenvalue weighted by molar-refractivity contribution is 6.30. The van der Waals surface area contributed by atoms with Gasteiger partial charge in [-0.05, 0) is 23.6 Å². The van der Waals surface area contributed by atoms with Gasteiger partial charge in [0.25, 0.3) is 0 Å². The number of imidazole rings is 1. The number of rotatable bonds is 4. The lowest BCUT2D eigenvalue weighted by molar-refractivity contribution is 0.145. The lowest BCUT2D eigenvalue weighted by Crippen LogP contribution is -2.47. The largest absolute Gasteiger partial charge is 0.337 e. The number of hydrogen-bond donors (Lipinski definition) is 1. The van der Waals surface area contributed by atoms with Gasteiger partial charge in [-0.25, -0.2) is 4.98 Å². The fraction of sp³-hybridized carbons (Fsp3) is 0.471. The van der Waals surface area contributed by atoms with E-state index in [1.54, 1.807) is 0 Å². The average molecular weight is 319 g/mol. The van der Waals surface area contributed by atoms with Gasteiger partial charge in [0.15, 0.2) is 0 Å². The fourth-order valence-electron chi connectivity index (χ4n) is 3.19. The highest BCUT2D eigenvalue weighted by Crippen LogP contribution is 2.26. The summed E-state index contributed by atoms with van der Waals surface area (Å²) < 4.78 is 2.12. The summed E-state index contributed by atoms with van der Waals surface area (Å²) in [4.78, 5) is 7.08. The Labute approximate surface area is 137 Å². The first kappa shape index (κ1) is 15.5. The maximum atomic E-state index is 6.13. The van der Waals surface area contributed by atoms with Gasteiger partial charge in [-0.1, -0.05) is 30.7 Å². The van der Waals surface area contributed by atoms with Crippen LogP contribution in [0.1, 0.15) is 30.3 Å². The zero-order valence-corrected chi connectivity index (χ0v) is 13.9. The molecule has 118 valence electrons. The molecule has 1 saturated heterocycles. The molecular weight excluding hydrogens is 296 g/mol. The molecule has 1 aliphatic rings. The number of nitrogens with one attached hydrogen (secondary N) is 1. The van der Waals surface area contributed by atoms with Crippen LogP contribution in [0.25, 0.3) is 0 Å². The van der Waals surface area contributed by atoms with Crippen LogP contribution in [0.3, 0.4) is 0 Å². The Bertz CT molecular complexity index is 625. The molecule has 2 heterocycles. The molecule has 1 fully saturated rings. The first-order chi connectivity index (χ1) is 10.6. The van der Waals surface area contributed by atoms with Gasteiger partial charge in [0.05, 0.1) is 6.04 Å². The summed E-state index contributed by atoms with van der Waals surface area (Å²) >= 11 is 6.13. The topological polar surface area (TPSA) is 33.1 Å². The minimum absolute atomic E-state index is 0.329. The van der Waals surface area contributed by atoms with E-state index in [0.717, 1.165) is 37.0 Å². The Hall–Kier alpha value is -1.36. The lowest BCUT2D eigenvalue weighted by Gasteiger charge is -2.37. The molecule has 1 aliphatic heterocycles. The number of hydrogen-bond acceptors (Lipinski definition) is 3. The maximum Gasteiger partial charge on any atom is 0.127 e. The van der Waals surface area contributed by atoms with Crippen LogP contribution in [0.4, 0.5) is 0 Å². The molecule has 1 N–H and O–H groups in total. The quantitative estimate of drug-likeness (QED) is 0.941. The molecule has 0 spiro atoms. The SMILES string of the molecule is CC(CN1CCNCC1c1nccn1C)c1cccc(Cl)c1. The molecule has 0 radical (unpaired) electrons. The summed E-state index contributed by atoms with van der Waals surface area (Å²) in [6.45, 7) is 6.31. The Morgan fingerprint density at radius 2 is 2.32 bits per heavy atom. The zero-order chi connectivity index (χ0) is 15.5. The van der Waals surface area contributed by atoms with Gasteiger partial charge in [0, 0.05) is 50.6 Å². The number of halogens is 1. The van der Waals surface area contributed by atoms with Crippen molar-refractivity contribution in [3.8, 4) is 0 Å². The second-order valence-corrected chi connectivity index (χ2v) is 6.50. The maximum absolute atomic E-state index is 6.13. The normalized spacial score (nSPS) is 21.0. The van der Waals surface area contributed by atoms with Crippen LogP contribution >= 0.6 is 11.6 Å². The molecule has 22 heavy (non-hydrogen) atoms. The van der Waals surface area contributed by atoms with Gasteiger partial charge < -0.3 is 9.88 Å². The Morgan fingerprint density at radius 1 is 1.45 bits per heavy atom. The number of benzene rings is 1. The Kier molecular flexibility index (Phi) is 4.81. The molecule has 2 unspecified atom stereocenters. The second-order valence-electron chi connectivity index (χ2n) is 6.07. The first-order valence-corrected chi connectivity index (χ1v) is 8.20. The lowest BCUT2D eigenvalue weighted by atomic mass is 9.99. The molecule has 5 heteroatoms. The number of aryl methyl sites for hydroxylation is 1. The molecule has 2 aromatic rings. The number of aromatic nitrogens is 2. The first-order valence-electron chi connectivity index (χ1n) is 7.82. The van der Waals surface area contributed by atoms with Gasteiger partial charge >= 0.3 is 0 Å². The average Bonchev–Trinajstić information content (AvgIpc) is 2.94. The monoisotopic (exact) mass is 318 g/mol. The molecule has 1 aromatic heterocycles. The van der Waals surface area contributed by atoms with E-state index in [4.69, 9.17) is 11.6 Å². The molecule has 4 nitrogen and oxygen atoms in total. The molecule has 0 amide bonds. The third-order valence-corrected chi connectivity index (χ3v) is 4.67. The second kappa shape index (κ2) is 6.82. The minimum Gasteiger partial charge on any atom is -0.337 e. The van der Waals surface area contributed by atoms with Crippen LogP contribution in [0.5, 0.6) is 0 Å². The van der Waals surface area contributed by atoms with Gasteiger partial charge in [-0.3, -0.25) is 4.90 Å². The smallest absolute Gasteiger partial charge is 0.127 e. The van der Waals surface area contributed by atoms with Crippen LogP contribution in [-0.4, -0.2) is 40.6 Å². The molecule has 0 bridgehead atoms. The summed E-state index contributed by atoms with van der Waals surface area (Å²) in [5, 5.41) is 4.30. The van der Waals surface area contributed by atoms with Gasteiger partial charge in [-0.2, -0.15) is 0 Å². The van der Waals surface area contributed by atoms with Crippen LogP contribution in [-0.2, 0) is 7.05 Å². The van der Waals surface area contributed by atoms with E-state index in [1.165, 1.54) is 5.56 Å². The van der Waals surface area contributed by atoms with E-state index < -0.39 is 0 Å². The van der Waals surface area contributed by atoms with E-state index in [-0.39, 0.29) is 0 Å². The highest BCUT2D eigenvalue weighted by Gasteiger charge is 2.27. The van der Waals surface area contributed by atoms with Crippen molar-refractivity contribution in [3.63, 3.8) is 0 Å². The van der Waals surface area contributed by atoms with Gasteiger partial charge in [0.2, 0.25) is 0 Å². The minimum atomic E-state index is 0.329. The highest BCUT2D eigenvalue weighted by atomic mass is 35.5. The third kappa shape index (κ3) is 3.35. The van der Waals surface area contributed by atoms with E-state index in [9.17, 15) is 0 Å². The summed E-state index contributed by atoms with van der Waals surface area (Å²) in [5.41, 5.74) is 1.30. The summed E-state index contributed by atoms with van der Waals surface area (Å²) in [7, 11) is 2.06. The molecule has 1 aromatic carbocycles. The molecule has 0 aliphatic carbocycles.